The van der Waals surface area contributed by atoms with Crippen molar-refractivity contribution in [2.24, 2.45) is 0 Å². The van der Waals surface area contributed by atoms with Gasteiger partial charge in [0.05, 0.1) is 40.3 Å². The van der Waals surface area contributed by atoms with E-state index in [-0.39, 0.29) is 5.82 Å². The Labute approximate surface area is 228 Å². The fraction of sp³-hybridized carbons (Fsp3) is 0. The molecule has 0 unspecified atom stereocenters. The molecule has 7 aromatic rings. The number of fused-ring (bicyclic) bond motifs is 2. The van der Waals surface area contributed by atoms with E-state index in [0.717, 1.165) is 61.3 Å². The van der Waals surface area contributed by atoms with E-state index in [4.69, 9.17) is 4.98 Å². The highest BCUT2D eigenvalue weighted by Gasteiger charge is 2.16. The van der Waals surface area contributed by atoms with Crippen molar-refractivity contribution in [3.8, 4) is 33.9 Å². The minimum absolute atomic E-state index is 0.274. The quantitative estimate of drug-likeness (QED) is 0.210. The van der Waals surface area contributed by atoms with Crippen LogP contribution in [0.15, 0.2) is 110 Å². The molecule has 0 aliphatic rings. The van der Waals surface area contributed by atoms with Crippen LogP contribution in [-0.2, 0) is 0 Å². The van der Waals surface area contributed by atoms with Crippen molar-refractivity contribution in [2.45, 2.75) is 0 Å². The number of imidazole rings is 1. The molecule has 192 valence electrons. The van der Waals surface area contributed by atoms with E-state index < -0.39 is 0 Å². The van der Waals surface area contributed by atoms with E-state index in [2.05, 4.69) is 37.0 Å². The summed E-state index contributed by atoms with van der Waals surface area (Å²) in [7, 11) is 0. The number of rotatable bonds is 6. The third-order valence-corrected chi connectivity index (χ3v) is 6.79. The molecule has 7 nitrogen and oxygen atoms in total. The molecule has 0 aliphatic carbocycles. The number of anilines is 1. The third kappa shape index (κ3) is 4.27. The van der Waals surface area contributed by atoms with Crippen LogP contribution in [0.3, 0.4) is 0 Å². The number of nitrogens with one attached hydrogen (secondary N) is 3. The van der Waals surface area contributed by atoms with E-state index in [1.54, 1.807) is 30.7 Å². The van der Waals surface area contributed by atoms with Gasteiger partial charge in [-0.15, -0.1) is 0 Å². The molecule has 0 saturated carbocycles. The molecule has 0 amide bonds. The number of nitrogens with zero attached hydrogens (tertiary/aromatic N) is 4. The second-order valence-electron chi connectivity index (χ2n) is 9.41. The molecule has 0 bridgehead atoms. The molecule has 0 fully saturated rings. The monoisotopic (exact) mass is 523 g/mol. The summed E-state index contributed by atoms with van der Waals surface area (Å²) in [5, 5.41) is 11.8. The molecule has 0 saturated heterocycles. The summed E-state index contributed by atoms with van der Waals surface area (Å²) in [6.45, 7) is 4.16. The van der Waals surface area contributed by atoms with Gasteiger partial charge in [0.1, 0.15) is 11.5 Å². The zero-order valence-corrected chi connectivity index (χ0v) is 21.2. The molecular weight excluding hydrogens is 501 g/mol. The zero-order chi connectivity index (χ0) is 27.1. The van der Waals surface area contributed by atoms with Crippen LogP contribution in [0.5, 0.6) is 0 Å². The predicted molar refractivity (Wildman–Crippen MR) is 157 cm³/mol. The van der Waals surface area contributed by atoms with Crippen molar-refractivity contribution in [3.63, 3.8) is 0 Å². The van der Waals surface area contributed by atoms with Crippen LogP contribution in [0.1, 0.15) is 5.56 Å². The van der Waals surface area contributed by atoms with Gasteiger partial charge in [-0.25, -0.2) is 9.37 Å². The van der Waals surface area contributed by atoms with Gasteiger partial charge in [0.15, 0.2) is 5.82 Å². The summed E-state index contributed by atoms with van der Waals surface area (Å²) in [4.78, 5) is 17.4. The first kappa shape index (κ1) is 23.5. The number of para-hydroxylation sites is 1. The van der Waals surface area contributed by atoms with Gasteiger partial charge in [-0.3, -0.25) is 15.1 Å². The summed E-state index contributed by atoms with van der Waals surface area (Å²) >= 11 is 0. The largest absolute Gasteiger partial charge is 0.354 e. The highest BCUT2D eigenvalue weighted by Crippen LogP contribution is 2.33. The number of hydrogen-bond donors (Lipinski definition) is 3. The molecule has 3 aromatic carbocycles. The van der Waals surface area contributed by atoms with Gasteiger partial charge < -0.3 is 10.3 Å². The van der Waals surface area contributed by atoms with Gasteiger partial charge in [0.2, 0.25) is 0 Å². The standard InChI is InChI=1S/C32H22FN7/c1-19(20-6-3-2-4-7-20)36-24-14-22(16-34-17-24)28-15-26-29(18-35-28)39-40-31(26)32-37-27-9-5-8-25(30(27)38-32)21-10-12-23(33)13-11-21/h2-18,36H,1H2,(H,37,38)(H,39,40). The van der Waals surface area contributed by atoms with E-state index in [1.807, 2.05) is 60.7 Å². The normalized spacial score (nSPS) is 11.2. The number of hydrogen-bond acceptors (Lipinski definition) is 5. The second kappa shape index (κ2) is 9.59. The van der Waals surface area contributed by atoms with E-state index in [0.29, 0.717) is 11.5 Å². The number of pyridine rings is 2. The van der Waals surface area contributed by atoms with Crippen molar-refractivity contribution in [2.75, 3.05) is 5.32 Å². The van der Waals surface area contributed by atoms with Crippen molar-refractivity contribution in [1.29, 1.82) is 0 Å². The van der Waals surface area contributed by atoms with Gasteiger partial charge in [-0.1, -0.05) is 61.2 Å². The molecule has 8 heteroatoms. The van der Waals surface area contributed by atoms with Crippen LogP contribution in [0, 0.1) is 5.82 Å². The third-order valence-electron chi connectivity index (χ3n) is 6.79. The first-order valence-electron chi connectivity index (χ1n) is 12.7. The second-order valence-corrected chi connectivity index (χ2v) is 9.41. The Morgan fingerprint density at radius 1 is 0.825 bits per heavy atom. The van der Waals surface area contributed by atoms with Crippen LogP contribution < -0.4 is 5.32 Å². The zero-order valence-electron chi connectivity index (χ0n) is 21.2. The molecular formula is C32H22FN7. The fourth-order valence-electron chi connectivity index (χ4n) is 4.80. The summed E-state index contributed by atoms with van der Waals surface area (Å²) in [5.74, 6) is 0.351. The highest BCUT2D eigenvalue weighted by atomic mass is 19.1. The number of halogens is 1. The molecule has 0 aliphatic heterocycles. The smallest absolute Gasteiger partial charge is 0.159 e. The minimum Gasteiger partial charge on any atom is -0.354 e. The van der Waals surface area contributed by atoms with Gasteiger partial charge in [0, 0.05) is 28.4 Å². The maximum atomic E-state index is 13.5. The van der Waals surface area contributed by atoms with Gasteiger partial charge >= 0.3 is 0 Å². The molecule has 7 rings (SSSR count). The van der Waals surface area contributed by atoms with Crippen LogP contribution in [-0.4, -0.2) is 30.1 Å². The SMILES string of the molecule is C=C(Nc1cncc(-c2cc3c(-c4nc5c(-c6ccc(F)cc6)cccc5[nH]4)n[nH]c3cn2)c1)c1ccccc1. The molecule has 40 heavy (non-hydrogen) atoms. The summed E-state index contributed by atoms with van der Waals surface area (Å²) in [5.41, 5.74) is 9.12. The Bertz CT molecular complexity index is 2010. The average Bonchev–Trinajstić information content (AvgIpc) is 3.62. The van der Waals surface area contributed by atoms with Crippen molar-refractivity contribution in [1.82, 2.24) is 30.1 Å². The molecule has 0 atom stereocenters. The van der Waals surface area contributed by atoms with Gasteiger partial charge in [-0.05, 0) is 41.5 Å². The average molecular weight is 524 g/mol. The maximum Gasteiger partial charge on any atom is 0.159 e. The summed E-state index contributed by atoms with van der Waals surface area (Å²) in [6.07, 6.45) is 5.30. The lowest BCUT2D eigenvalue weighted by Crippen LogP contribution is -1.98. The van der Waals surface area contributed by atoms with Crippen LogP contribution >= 0.6 is 0 Å². The molecule has 0 radical (unpaired) electrons. The maximum absolute atomic E-state index is 13.5. The predicted octanol–water partition coefficient (Wildman–Crippen LogP) is 7.45. The van der Waals surface area contributed by atoms with Crippen molar-refractivity contribution >= 4 is 33.3 Å². The molecule has 4 heterocycles. The van der Waals surface area contributed by atoms with Gasteiger partial charge in [0.25, 0.3) is 0 Å². The Morgan fingerprint density at radius 3 is 2.52 bits per heavy atom. The number of aromatic nitrogens is 6. The Hall–Kier alpha value is -5.63. The molecule has 3 N–H and O–H groups in total. The number of benzene rings is 3. The Kier molecular flexibility index (Phi) is 5.63. The summed E-state index contributed by atoms with van der Waals surface area (Å²) < 4.78 is 13.5. The molecule has 0 spiro atoms. The lowest BCUT2D eigenvalue weighted by Gasteiger charge is -2.10. The first-order chi connectivity index (χ1) is 19.6. The Morgan fingerprint density at radius 2 is 1.68 bits per heavy atom. The molecule has 4 aromatic heterocycles. The van der Waals surface area contributed by atoms with E-state index >= 15 is 0 Å². The van der Waals surface area contributed by atoms with Gasteiger partial charge in [-0.2, -0.15) is 5.10 Å². The van der Waals surface area contributed by atoms with Crippen molar-refractivity contribution < 1.29 is 4.39 Å². The lowest BCUT2D eigenvalue weighted by molar-refractivity contribution is 0.628. The topological polar surface area (TPSA) is 95.2 Å². The number of aromatic amines is 2. The van der Waals surface area contributed by atoms with E-state index in [9.17, 15) is 4.39 Å². The highest BCUT2D eigenvalue weighted by molar-refractivity contribution is 5.97. The van der Waals surface area contributed by atoms with Crippen LogP contribution in [0.4, 0.5) is 10.1 Å². The lowest BCUT2D eigenvalue weighted by atomic mass is 10.0. The van der Waals surface area contributed by atoms with E-state index in [1.165, 1.54) is 12.1 Å². The Balaban J connectivity index is 1.25. The summed E-state index contributed by atoms with van der Waals surface area (Å²) in [6, 6.07) is 26.2. The number of H-pyrrole nitrogens is 2. The van der Waals surface area contributed by atoms with Crippen LogP contribution in [0.2, 0.25) is 0 Å². The minimum atomic E-state index is -0.274. The van der Waals surface area contributed by atoms with Crippen LogP contribution in [0.25, 0.3) is 61.5 Å². The fourth-order valence-corrected chi connectivity index (χ4v) is 4.80. The van der Waals surface area contributed by atoms with Crippen molar-refractivity contribution in [3.05, 3.63) is 121 Å². The first-order valence-corrected chi connectivity index (χ1v) is 12.7.